The Kier molecular flexibility index (Phi) is 3.26. The maximum Gasteiger partial charge on any atom is 0.207 e. The minimum absolute atomic E-state index is 0.0157. The van der Waals surface area contributed by atoms with Gasteiger partial charge in [0.25, 0.3) is 0 Å². The number of rotatable bonds is 2. The van der Waals surface area contributed by atoms with Crippen LogP contribution in [0.1, 0.15) is 12.0 Å². The first-order chi connectivity index (χ1) is 11.3. The molecular weight excluding hydrogens is 292 g/mol. The maximum absolute atomic E-state index is 12.7. The van der Waals surface area contributed by atoms with Crippen LogP contribution in [0.2, 0.25) is 0 Å². The molecule has 0 amide bonds. The van der Waals surface area contributed by atoms with Gasteiger partial charge >= 0.3 is 0 Å². The van der Waals surface area contributed by atoms with E-state index in [4.69, 9.17) is 9.47 Å². The van der Waals surface area contributed by atoms with Gasteiger partial charge in [0, 0.05) is 12.3 Å². The minimum atomic E-state index is 0.0157. The first-order valence-electron chi connectivity index (χ1n) is 7.59. The molecule has 0 bridgehead atoms. The van der Waals surface area contributed by atoms with Crippen LogP contribution in [0.3, 0.4) is 0 Å². The van der Waals surface area contributed by atoms with Gasteiger partial charge in [0.15, 0.2) is 11.1 Å². The monoisotopic (exact) mass is 308 g/mol. The SMILES string of the molecule is COc1cccc(-n2c3c(c(=O)c4cccnc42)CCCO3)c1. The molecule has 23 heavy (non-hydrogen) atoms. The lowest BCUT2D eigenvalue weighted by molar-refractivity contribution is 0.270. The Morgan fingerprint density at radius 2 is 2.17 bits per heavy atom. The van der Waals surface area contributed by atoms with E-state index in [0.29, 0.717) is 23.5 Å². The predicted molar refractivity (Wildman–Crippen MR) is 87.7 cm³/mol. The molecule has 5 heteroatoms. The molecule has 5 nitrogen and oxygen atoms in total. The van der Waals surface area contributed by atoms with Crippen molar-refractivity contribution in [3.63, 3.8) is 0 Å². The Hall–Kier alpha value is -2.82. The van der Waals surface area contributed by atoms with Crippen LogP contribution in [0.15, 0.2) is 47.4 Å². The fourth-order valence-corrected chi connectivity index (χ4v) is 3.02. The second-order valence-electron chi connectivity index (χ2n) is 5.48. The second-order valence-corrected chi connectivity index (χ2v) is 5.48. The highest BCUT2D eigenvalue weighted by Gasteiger charge is 2.22. The molecule has 1 aromatic carbocycles. The Labute approximate surface area is 133 Å². The maximum atomic E-state index is 12.7. The van der Waals surface area contributed by atoms with Gasteiger partial charge in [-0.05, 0) is 37.1 Å². The smallest absolute Gasteiger partial charge is 0.207 e. The van der Waals surface area contributed by atoms with Crippen LogP contribution in [0.5, 0.6) is 11.6 Å². The Bertz CT molecular complexity index is 947. The molecule has 0 N–H and O–H groups in total. The van der Waals surface area contributed by atoms with Gasteiger partial charge in [0.2, 0.25) is 5.88 Å². The van der Waals surface area contributed by atoms with Gasteiger partial charge in [-0.1, -0.05) is 6.07 Å². The molecule has 2 aromatic heterocycles. The van der Waals surface area contributed by atoms with Gasteiger partial charge in [-0.2, -0.15) is 0 Å². The van der Waals surface area contributed by atoms with Crippen molar-refractivity contribution in [1.82, 2.24) is 9.55 Å². The van der Waals surface area contributed by atoms with Crippen molar-refractivity contribution in [3.8, 4) is 17.3 Å². The van der Waals surface area contributed by atoms with Gasteiger partial charge in [-0.3, -0.25) is 9.36 Å². The zero-order valence-electron chi connectivity index (χ0n) is 12.8. The van der Waals surface area contributed by atoms with Crippen molar-refractivity contribution >= 4 is 11.0 Å². The second kappa shape index (κ2) is 5.43. The van der Waals surface area contributed by atoms with E-state index >= 15 is 0 Å². The first kappa shape index (κ1) is 13.8. The van der Waals surface area contributed by atoms with E-state index in [1.165, 1.54) is 0 Å². The third kappa shape index (κ3) is 2.16. The number of hydrogen-bond acceptors (Lipinski definition) is 4. The highest BCUT2D eigenvalue weighted by atomic mass is 16.5. The molecule has 1 aliphatic heterocycles. The van der Waals surface area contributed by atoms with Crippen LogP contribution in [0.4, 0.5) is 0 Å². The number of aromatic nitrogens is 2. The van der Waals surface area contributed by atoms with Gasteiger partial charge in [-0.25, -0.2) is 4.98 Å². The third-order valence-electron chi connectivity index (χ3n) is 4.10. The molecule has 0 unspecified atom stereocenters. The number of ether oxygens (including phenoxy) is 2. The van der Waals surface area contributed by atoms with Crippen LogP contribution in [0.25, 0.3) is 16.7 Å². The molecule has 0 saturated carbocycles. The fraction of sp³-hybridized carbons (Fsp3) is 0.222. The lowest BCUT2D eigenvalue weighted by Crippen LogP contribution is -2.23. The number of hydrogen-bond donors (Lipinski definition) is 0. The number of fused-ring (bicyclic) bond motifs is 2. The highest BCUT2D eigenvalue weighted by Crippen LogP contribution is 2.30. The van der Waals surface area contributed by atoms with E-state index in [-0.39, 0.29) is 5.43 Å². The molecule has 3 heterocycles. The van der Waals surface area contributed by atoms with E-state index in [0.717, 1.165) is 29.8 Å². The summed E-state index contributed by atoms with van der Waals surface area (Å²) >= 11 is 0. The number of benzene rings is 1. The van der Waals surface area contributed by atoms with Crippen molar-refractivity contribution < 1.29 is 9.47 Å². The molecule has 0 atom stereocenters. The van der Waals surface area contributed by atoms with E-state index in [9.17, 15) is 4.79 Å². The Morgan fingerprint density at radius 3 is 3.04 bits per heavy atom. The van der Waals surface area contributed by atoms with Crippen LogP contribution >= 0.6 is 0 Å². The summed E-state index contributed by atoms with van der Waals surface area (Å²) < 4.78 is 13.1. The van der Waals surface area contributed by atoms with Crippen LogP contribution in [-0.2, 0) is 6.42 Å². The summed E-state index contributed by atoms with van der Waals surface area (Å²) in [7, 11) is 1.63. The number of methoxy groups -OCH3 is 1. The molecule has 0 radical (unpaired) electrons. The lowest BCUT2D eigenvalue weighted by atomic mass is 10.1. The molecule has 0 saturated heterocycles. The first-order valence-corrected chi connectivity index (χ1v) is 7.59. The molecule has 0 spiro atoms. The van der Waals surface area contributed by atoms with Crippen LogP contribution < -0.4 is 14.9 Å². The normalized spacial score (nSPS) is 13.4. The summed E-state index contributed by atoms with van der Waals surface area (Å²) in [6.07, 6.45) is 3.27. The largest absolute Gasteiger partial charge is 0.497 e. The topological polar surface area (TPSA) is 53.4 Å². The van der Waals surface area contributed by atoms with Gasteiger partial charge in [0.1, 0.15) is 5.75 Å². The lowest BCUT2D eigenvalue weighted by Gasteiger charge is -2.23. The van der Waals surface area contributed by atoms with E-state index in [1.54, 1.807) is 19.4 Å². The van der Waals surface area contributed by atoms with E-state index in [2.05, 4.69) is 4.98 Å². The third-order valence-corrected chi connectivity index (χ3v) is 4.10. The average molecular weight is 308 g/mol. The van der Waals surface area contributed by atoms with Crippen molar-refractivity contribution in [2.24, 2.45) is 0 Å². The van der Waals surface area contributed by atoms with Crippen molar-refractivity contribution in [3.05, 3.63) is 58.4 Å². The summed E-state index contributed by atoms with van der Waals surface area (Å²) in [5, 5.41) is 0.611. The Balaban J connectivity index is 2.12. The zero-order valence-corrected chi connectivity index (χ0v) is 12.8. The molecule has 3 aromatic rings. The van der Waals surface area contributed by atoms with Crippen LogP contribution in [0, 0.1) is 0 Å². The van der Waals surface area contributed by atoms with E-state index in [1.807, 2.05) is 34.9 Å². The molecule has 0 aliphatic carbocycles. The predicted octanol–water partition coefficient (Wildman–Crippen LogP) is 2.72. The average Bonchev–Trinajstić information content (AvgIpc) is 2.62. The Morgan fingerprint density at radius 1 is 1.26 bits per heavy atom. The molecule has 1 aliphatic rings. The fourth-order valence-electron chi connectivity index (χ4n) is 3.02. The van der Waals surface area contributed by atoms with Crippen molar-refractivity contribution in [2.75, 3.05) is 13.7 Å². The standard InChI is InChI=1S/C18H16N2O3/c1-22-13-6-2-5-12(11-13)20-17-14(7-3-9-19-17)16(21)15-8-4-10-23-18(15)20/h2-3,5-7,9,11H,4,8,10H2,1H3. The van der Waals surface area contributed by atoms with Gasteiger partial charge in [-0.15, -0.1) is 0 Å². The van der Waals surface area contributed by atoms with Gasteiger partial charge < -0.3 is 9.47 Å². The molecule has 4 rings (SSSR count). The van der Waals surface area contributed by atoms with Crippen molar-refractivity contribution in [2.45, 2.75) is 12.8 Å². The van der Waals surface area contributed by atoms with Gasteiger partial charge in [0.05, 0.1) is 30.4 Å². The summed E-state index contributed by atoms with van der Waals surface area (Å²) in [5.74, 6) is 1.34. The summed E-state index contributed by atoms with van der Waals surface area (Å²) in [6.45, 7) is 0.606. The minimum Gasteiger partial charge on any atom is -0.497 e. The molecule has 116 valence electrons. The zero-order chi connectivity index (χ0) is 15.8. The van der Waals surface area contributed by atoms with E-state index < -0.39 is 0 Å². The highest BCUT2D eigenvalue weighted by molar-refractivity contribution is 5.79. The van der Waals surface area contributed by atoms with Crippen LogP contribution in [-0.4, -0.2) is 23.3 Å². The molecular formula is C18H16N2O3. The van der Waals surface area contributed by atoms with Crippen molar-refractivity contribution in [1.29, 1.82) is 0 Å². The number of nitrogens with zero attached hydrogens (tertiary/aromatic N) is 2. The molecule has 0 fully saturated rings. The number of pyridine rings is 2. The summed E-state index contributed by atoms with van der Waals surface area (Å²) in [5.41, 5.74) is 2.21. The quantitative estimate of drug-likeness (QED) is 0.730. The summed E-state index contributed by atoms with van der Waals surface area (Å²) in [4.78, 5) is 17.1. The summed E-state index contributed by atoms with van der Waals surface area (Å²) in [6, 6.07) is 11.3.